The van der Waals surface area contributed by atoms with Gasteiger partial charge in [-0.15, -0.1) is 0 Å². The number of fused-ring (bicyclic) bond motifs is 3. The van der Waals surface area contributed by atoms with Crippen molar-refractivity contribution >= 4 is 17.7 Å². The van der Waals surface area contributed by atoms with Crippen LogP contribution in [0.5, 0.6) is 0 Å². The van der Waals surface area contributed by atoms with Gasteiger partial charge in [-0.25, -0.2) is 0 Å². The van der Waals surface area contributed by atoms with E-state index in [0.29, 0.717) is 12.0 Å². The molecule has 1 saturated heterocycles. The first kappa shape index (κ1) is 15.0. The lowest BCUT2D eigenvalue weighted by atomic mass is 9.79. The van der Waals surface area contributed by atoms with E-state index >= 15 is 0 Å². The molecule has 0 aromatic heterocycles. The van der Waals surface area contributed by atoms with Crippen LogP contribution in [0.1, 0.15) is 34.1 Å². The standard InChI is InChI=1S/C17H20O5/c1-7-5-11(19)13-8(2)6-12(21-10(4)18)15-9(3)17(20)22-16(15)14(7)13/h5,9,12,14-16H,6H2,1-4H3. The van der Waals surface area contributed by atoms with Gasteiger partial charge in [0.1, 0.15) is 12.2 Å². The van der Waals surface area contributed by atoms with Crippen molar-refractivity contribution in [2.24, 2.45) is 17.8 Å². The molecule has 0 amide bonds. The fourth-order valence-corrected chi connectivity index (χ4v) is 4.12. The van der Waals surface area contributed by atoms with E-state index in [9.17, 15) is 14.4 Å². The minimum absolute atomic E-state index is 0.0159. The molecule has 0 aromatic rings. The number of ketones is 1. The maximum absolute atomic E-state index is 12.3. The highest BCUT2D eigenvalue weighted by molar-refractivity contribution is 6.09. The van der Waals surface area contributed by atoms with Gasteiger partial charge in [-0.05, 0) is 19.9 Å². The smallest absolute Gasteiger partial charge is 0.309 e. The summed E-state index contributed by atoms with van der Waals surface area (Å²) in [6.07, 6.45) is 1.24. The number of esters is 2. The van der Waals surface area contributed by atoms with E-state index in [-0.39, 0.29) is 35.5 Å². The molecular formula is C17H20O5. The van der Waals surface area contributed by atoms with Crippen LogP contribution in [0.2, 0.25) is 0 Å². The Balaban J connectivity index is 2.08. The highest BCUT2D eigenvalue weighted by atomic mass is 16.6. The van der Waals surface area contributed by atoms with Crippen LogP contribution in [-0.4, -0.2) is 29.9 Å². The second-order valence-electron chi connectivity index (χ2n) is 6.54. The summed E-state index contributed by atoms with van der Waals surface area (Å²) in [5.41, 5.74) is 2.55. The van der Waals surface area contributed by atoms with Crippen LogP contribution in [-0.2, 0) is 23.9 Å². The van der Waals surface area contributed by atoms with Gasteiger partial charge in [0.15, 0.2) is 5.78 Å². The van der Waals surface area contributed by atoms with Crippen LogP contribution in [0.15, 0.2) is 22.8 Å². The zero-order valence-electron chi connectivity index (χ0n) is 13.2. The largest absolute Gasteiger partial charge is 0.462 e. The highest BCUT2D eigenvalue weighted by Crippen LogP contribution is 2.48. The first-order valence-corrected chi connectivity index (χ1v) is 7.61. The van der Waals surface area contributed by atoms with Crippen molar-refractivity contribution in [3.63, 3.8) is 0 Å². The molecule has 0 radical (unpaired) electrons. The summed E-state index contributed by atoms with van der Waals surface area (Å²) in [4.78, 5) is 35.8. The molecule has 3 aliphatic rings. The molecule has 0 saturated carbocycles. The van der Waals surface area contributed by atoms with Crippen molar-refractivity contribution < 1.29 is 23.9 Å². The predicted molar refractivity (Wildman–Crippen MR) is 77.7 cm³/mol. The lowest BCUT2D eigenvalue weighted by molar-refractivity contribution is -0.150. The number of allylic oxidation sites excluding steroid dienone is 1. The molecule has 1 heterocycles. The summed E-state index contributed by atoms with van der Waals surface area (Å²) in [6, 6.07) is 0. The minimum Gasteiger partial charge on any atom is -0.462 e. The second kappa shape index (κ2) is 5.07. The number of rotatable bonds is 1. The Bertz CT molecular complexity index is 627. The minimum atomic E-state index is -0.429. The molecule has 0 bridgehead atoms. The lowest BCUT2D eigenvalue weighted by Crippen LogP contribution is -2.37. The Morgan fingerprint density at radius 1 is 1.32 bits per heavy atom. The topological polar surface area (TPSA) is 69.7 Å². The Hall–Kier alpha value is -1.91. The van der Waals surface area contributed by atoms with Crippen LogP contribution >= 0.6 is 0 Å². The van der Waals surface area contributed by atoms with Gasteiger partial charge in [0.05, 0.1) is 5.92 Å². The quantitative estimate of drug-likeness (QED) is 0.693. The Morgan fingerprint density at radius 2 is 2.00 bits per heavy atom. The van der Waals surface area contributed by atoms with Crippen molar-refractivity contribution in [1.29, 1.82) is 0 Å². The van der Waals surface area contributed by atoms with Gasteiger partial charge in [-0.1, -0.05) is 18.1 Å². The van der Waals surface area contributed by atoms with Crippen LogP contribution in [0, 0.1) is 17.8 Å². The average Bonchev–Trinajstić information content (AvgIpc) is 2.81. The third-order valence-corrected chi connectivity index (χ3v) is 5.05. The molecule has 1 fully saturated rings. The zero-order chi connectivity index (χ0) is 16.2. The van der Waals surface area contributed by atoms with Crippen molar-refractivity contribution in [2.75, 3.05) is 0 Å². The maximum Gasteiger partial charge on any atom is 0.309 e. The zero-order valence-corrected chi connectivity index (χ0v) is 13.2. The molecular weight excluding hydrogens is 284 g/mol. The molecule has 1 aliphatic heterocycles. The van der Waals surface area contributed by atoms with E-state index in [1.807, 2.05) is 13.8 Å². The van der Waals surface area contributed by atoms with E-state index in [2.05, 4.69) is 0 Å². The number of carbonyl (C=O) groups is 3. The molecule has 0 spiro atoms. The molecule has 0 aromatic carbocycles. The number of hydrogen-bond donors (Lipinski definition) is 0. The highest BCUT2D eigenvalue weighted by Gasteiger charge is 2.55. The van der Waals surface area contributed by atoms with Crippen molar-refractivity contribution in [3.8, 4) is 0 Å². The SMILES string of the molecule is CC(=O)OC1CC(C)=C2C(=O)C=C(C)C2C2OC(=O)C(C)C12. The summed E-state index contributed by atoms with van der Waals surface area (Å²) >= 11 is 0. The number of hydrogen-bond acceptors (Lipinski definition) is 5. The molecule has 5 unspecified atom stereocenters. The van der Waals surface area contributed by atoms with E-state index in [0.717, 1.165) is 11.1 Å². The predicted octanol–water partition coefficient (Wildman–Crippen LogP) is 1.96. The second-order valence-corrected chi connectivity index (χ2v) is 6.54. The van der Waals surface area contributed by atoms with Gasteiger partial charge in [0.2, 0.25) is 0 Å². The van der Waals surface area contributed by atoms with Gasteiger partial charge in [0.25, 0.3) is 0 Å². The van der Waals surface area contributed by atoms with Crippen LogP contribution < -0.4 is 0 Å². The molecule has 118 valence electrons. The van der Waals surface area contributed by atoms with E-state index in [1.54, 1.807) is 13.0 Å². The fourth-order valence-electron chi connectivity index (χ4n) is 4.12. The average molecular weight is 304 g/mol. The van der Waals surface area contributed by atoms with Gasteiger partial charge < -0.3 is 9.47 Å². The molecule has 22 heavy (non-hydrogen) atoms. The molecule has 5 heteroatoms. The van der Waals surface area contributed by atoms with Crippen LogP contribution in [0.25, 0.3) is 0 Å². The first-order chi connectivity index (χ1) is 10.3. The molecule has 2 aliphatic carbocycles. The number of ether oxygens (including phenoxy) is 2. The molecule has 5 nitrogen and oxygen atoms in total. The molecule has 3 rings (SSSR count). The molecule has 5 atom stereocenters. The summed E-state index contributed by atoms with van der Waals surface area (Å²) in [6.45, 7) is 6.96. The fraction of sp³-hybridized carbons (Fsp3) is 0.588. The Kier molecular flexibility index (Phi) is 3.46. The van der Waals surface area contributed by atoms with Crippen molar-refractivity contribution in [3.05, 3.63) is 22.8 Å². The van der Waals surface area contributed by atoms with E-state index in [1.165, 1.54) is 6.92 Å². The summed E-state index contributed by atoms with van der Waals surface area (Å²) in [7, 11) is 0. The van der Waals surface area contributed by atoms with E-state index in [4.69, 9.17) is 9.47 Å². The monoisotopic (exact) mass is 304 g/mol. The van der Waals surface area contributed by atoms with Crippen molar-refractivity contribution in [1.82, 2.24) is 0 Å². The number of carbonyl (C=O) groups excluding carboxylic acids is 3. The Labute approximate surface area is 129 Å². The van der Waals surface area contributed by atoms with Gasteiger partial charge in [-0.3, -0.25) is 14.4 Å². The Morgan fingerprint density at radius 3 is 2.64 bits per heavy atom. The summed E-state index contributed by atoms with van der Waals surface area (Å²) in [5.74, 6) is -1.44. The molecule has 0 N–H and O–H groups in total. The summed E-state index contributed by atoms with van der Waals surface area (Å²) in [5, 5.41) is 0. The van der Waals surface area contributed by atoms with Gasteiger partial charge in [0, 0.05) is 30.8 Å². The van der Waals surface area contributed by atoms with Crippen molar-refractivity contribution in [2.45, 2.75) is 46.3 Å². The van der Waals surface area contributed by atoms with E-state index < -0.39 is 12.2 Å². The normalized spacial score (nSPS) is 37.3. The summed E-state index contributed by atoms with van der Waals surface area (Å²) < 4.78 is 11.1. The first-order valence-electron chi connectivity index (χ1n) is 7.61. The van der Waals surface area contributed by atoms with Crippen LogP contribution in [0.3, 0.4) is 0 Å². The third kappa shape index (κ3) is 2.11. The van der Waals surface area contributed by atoms with Gasteiger partial charge in [-0.2, -0.15) is 0 Å². The van der Waals surface area contributed by atoms with Crippen LogP contribution in [0.4, 0.5) is 0 Å². The lowest BCUT2D eigenvalue weighted by Gasteiger charge is -2.29. The maximum atomic E-state index is 12.3. The van der Waals surface area contributed by atoms with Gasteiger partial charge >= 0.3 is 11.9 Å². The third-order valence-electron chi connectivity index (χ3n) is 5.05.